The first-order valence-corrected chi connectivity index (χ1v) is 12.3. The molecule has 0 saturated carbocycles. The van der Waals surface area contributed by atoms with E-state index in [1.54, 1.807) is 18.2 Å². The van der Waals surface area contributed by atoms with Crippen LogP contribution >= 0.6 is 0 Å². The Bertz CT molecular complexity index is 587. The van der Waals surface area contributed by atoms with Crippen LogP contribution in [0.3, 0.4) is 0 Å². The Morgan fingerprint density at radius 3 is 1.67 bits per heavy atom. The van der Waals surface area contributed by atoms with E-state index in [-0.39, 0.29) is 4.90 Å². The summed E-state index contributed by atoms with van der Waals surface area (Å²) in [6, 6.07) is 6.48. The zero-order valence-electron chi connectivity index (χ0n) is 17.1. The van der Waals surface area contributed by atoms with Crippen molar-refractivity contribution < 1.29 is 13.0 Å². The molecule has 0 amide bonds. The normalized spacial score (nSPS) is 11.6. The molecule has 0 aliphatic carbocycles. The number of hydrogen-bond donors (Lipinski definition) is 2. The molecule has 0 aliphatic heterocycles. The molecule has 0 aliphatic rings. The van der Waals surface area contributed by atoms with E-state index in [1.807, 2.05) is 0 Å². The largest absolute Gasteiger partial charge is 0.384 e. The Morgan fingerprint density at radius 2 is 1.19 bits per heavy atom. The lowest BCUT2D eigenvalue weighted by atomic mass is 10.0. The molecule has 1 rings (SSSR count). The van der Waals surface area contributed by atoms with Gasteiger partial charge in [-0.3, -0.25) is 4.55 Å². The van der Waals surface area contributed by atoms with E-state index in [4.69, 9.17) is 0 Å². The van der Waals surface area contributed by atoms with Gasteiger partial charge in [-0.2, -0.15) is 8.42 Å². The summed E-state index contributed by atoms with van der Waals surface area (Å²) in [5.74, 6) is 0. The highest BCUT2D eigenvalue weighted by atomic mass is 32.2. The number of unbranched alkanes of at least 4 members (excludes halogenated alkanes) is 13. The fourth-order valence-corrected chi connectivity index (χ4v) is 4.05. The first kappa shape index (κ1) is 24.0. The second-order valence-corrected chi connectivity index (χ2v) is 8.88. The average Bonchev–Trinajstić information content (AvgIpc) is 2.64. The minimum Gasteiger partial charge on any atom is -0.384 e. The molecule has 0 saturated heterocycles. The fourth-order valence-electron chi connectivity index (χ4n) is 3.38. The molecule has 0 radical (unpaired) electrons. The molecule has 27 heavy (non-hydrogen) atoms. The number of benzene rings is 1. The molecule has 0 unspecified atom stereocenters. The van der Waals surface area contributed by atoms with E-state index < -0.39 is 10.1 Å². The van der Waals surface area contributed by atoms with E-state index in [9.17, 15) is 13.0 Å². The smallest absolute Gasteiger partial charge is 0.296 e. The molecular formula is C22H39NO3S. The molecule has 156 valence electrons. The average molecular weight is 398 g/mol. The van der Waals surface area contributed by atoms with E-state index in [2.05, 4.69) is 12.2 Å². The maximum Gasteiger partial charge on any atom is 0.296 e. The summed E-state index contributed by atoms with van der Waals surface area (Å²) in [7, 11) is -4.17. The zero-order chi connectivity index (χ0) is 19.8. The molecule has 0 fully saturated rings. The lowest BCUT2D eigenvalue weighted by Gasteiger charge is -2.10. The van der Waals surface area contributed by atoms with Gasteiger partial charge in [0.2, 0.25) is 0 Å². The third-order valence-corrected chi connectivity index (χ3v) is 5.92. The predicted octanol–water partition coefficient (Wildman–Crippen LogP) is 6.83. The minimum atomic E-state index is -4.17. The summed E-state index contributed by atoms with van der Waals surface area (Å²) >= 11 is 0. The summed E-state index contributed by atoms with van der Waals surface area (Å²) < 4.78 is 31.9. The van der Waals surface area contributed by atoms with Gasteiger partial charge in [-0.1, -0.05) is 103 Å². The topological polar surface area (TPSA) is 66.4 Å². The number of nitrogens with one attached hydrogen (secondary N) is 1. The molecule has 1 aromatic carbocycles. The first-order valence-electron chi connectivity index (χ1n) is 10.9. The highest BCUT2D eigenvalue weighted by molar-refractivity contribution is 7.86. The molecule has 1 aromatic rings. The van der Waals surface area contributed by atoms with Crippen molar-refractivity contribution in [3.05, 3.63) is 24.3 Å². The first-order chi connectivity index (χ1) is 13.1. The van der Waals surface area contributed by atoms with Gasteiger partial charge >= 0.3 is 0 Å². The van der Waals surface area contributed by atoms with Crippen LogP contribution in [0.2, 0.25) is 0 Å². The molecule has 0 bridgehead atoms. The van der Waals surface area contributed by atoms with Crippen LogP contribution in [0.1, 0.15) is 96.8 Å². The Labute approximate surface area is 166 Å². The van der Waals surface area contributed by atoms with Crippen molar-refractivity contribution in [1.82, 2.24) is 0 Å². The van der Waals surface area contributed by atoms with Crippen molar-refractivity contribution in [3.8, 4) is 0 Å². The van der Waals surface area contributed by atoms with E-state index >= 15 is 0 Å². The summed E-state index contributed by atoms with van der Waals surface area (Å²) in [5, 5.41) is 3.12. The second-order valence-electron chi connectivity index (χ2n) is 7.49. The zero-order valence-corrected chi connectivity index (χ0v) is 17.9. The molecule has 0 spiro atoms. The number of rotatable bonds is 17. The van der Waals surface area contributed by atoms with E-state index in [0.29, 0.717) is 5.69 Å². The number of hydrogen-bond acceptors (Lipinski definition) is 3. The molecule has 0 heterocycles. The maximum absolute atomic E-state index is 11.3. The minimum absolute atomic E-state index is 0.0460. The van der Waals surface area contributed by atoms with Crippen molar-refractivity contribution in [3.63, 3.8) is 0 Å². The number of para-hydroxylation sites is 1. The highest BCUT2D eigenvalue weighted by Gasteiger charge is 2.13. The third kappa shape index (κ3) is 12.1. The summed E-state index contributed by atoms with van der Waals surface area (Å²) in [6.45, 7) is 2.99. The third-order valence-electron chi connectivity index (χ3n) is 5.01. The van der Waals surface area contributed by atoms with Gasteiger partial charge < -0.3 is 5.32 Å². The molecule has 4 nitrogen and oxygen atoms in total. The van der Waals surface area contributed by atoms with Crippen molar-refractivity contribution in [1.29, 1.82) is 0 Å². The van der Waals surface area contributed by atoms with Crippen LogP contribution in [-0.4, -0.2) is 19.5 Å². The SMILES string of the molecule is CCCCCCCCCCCCCCCCNc1ccccc1S(=O)(=O)O. The van der Waals surface area contributed by atoms with Crippen molar-refractivity contribution in [2.45, 2.75) is 102 Å². The van der Waals surface area contributed by atoms with Gasteiger partial charge in [0.05, 0.1) is 5.69 Å². The molecule has 0 atom stereocenters. The monoisotopic (exact) mass is 397 g/mol. The van der Waals surface area contributed by atoms with Crippen LogP contribution < -0.4 is 5.32 Å². The second kappa shape index (κ2) is 14.9. The van der Waals surface area contributed by atoms with Gasteiger partial charge in [0.25, 0.3) is 10.1 Å². The van der Waals surface area contributed by atoms with Crippen LogP contribution in [0.4, 0.5) is 5.69 Å². The van der Waals surface area contributed by atoms with Crippen LogP contribution in [-0.2, 0) is 10.1 Å². The fraction of sp³-hybridized carbons (Fsp3) is 0.727. The summed E-state index contributed by atoms with van der Waals surface area (Å²) in [4.78, 5) is -0.0460. The molecule has 5 heteroatoms. The van der Waals surface area contributed by atoms with Crippen LogP contribution in [0.15, 0.2) is 29.2 Å². The van der Waals surface area contributed by atoms with Crippen molar-refractivity contribution in [2.75, 3.05) is 11.9 Å². The van der Waals surface area contributed by atoms with Crippen LogP contribution in [0, 0.1) is 0 Å². The van der Waals surface area contributed by atoms with Gasteiger partial charge in [-0.05, 0) is 18.6 Å². The van der Waals surface area contributed by atoms with Crippen molar-refractivity contribution >= 4 is 15.8 Å². The lowest BCUT2D eigenvalue weighted by Crippen LogP contribution is -2.07. The van der Waals surface area contributed by atoms with Gasteiger partial charge in [-0.15, -0.1) is 0 Å². The van der Waals surface area contributed by atoms with Crippen LogP contribution in [0.5, 0.6) is 0 Å². The van der Waals surface area contributed by atoms with E-state index in [0.717, 1.165) is 19.4 Å². The Balaban J connectivity index is 1.94. The Morgan fingerprint density at radius 1 is 0.741 bits per heavy atom. The summed E-state index contributed by atoms with van der Waals surface area (Å²) in [6.07, 6.45) is 18.5. The Hall–Kier alpha value is -1.07. The molecule has 0 aromatic heterocycles. The van der Waals surface area contributed by atoms with Gasteiger partial charge in [-0.25, -0.2) is 0 Å². The standard InChI is InChI=1S/C22H39NO3S/c1-2-3-4-5-6-7-8-9-10-11-12-13-14-17-20-23-21-18-15-16-19-22(21)27(24,25)26/h15-16,18-19,23H,2-14,17,20H2,1H3,(H,24,25,26). The number of anilines is 1. The Kier molecular flexibility index (Phi) is 13.2. The maximum atomic E-state index is 11.3. The molecule has 2 N–H and O–H groups in total. The quantitative estimate of drug-likeness (QED) is 0.223. The van der Waals surface area contributed by atoms with E-state index in [1.165, 1.54) is 83.1 Å². The van der Waals surface area contributed by atoms with Crippen molar-refractivity contribution in [2.24, 2.45) is 0 Å². The molecular weight excluding hydrogens is 358 g/mol. The van der Waals surface area contributed by atoms with Gasteiger partial charge in [0.15, 0.2) is 0 Å². The van der Waals surface area contributed by atoms with Gasteiger partial charge in [0.1, 0.15) is 4.90 Å². The summed E-state index contributed by atoms with van der Waals surface area (Å²) in [5.41, 5.74) is 0.481. The highest BCUT2D eigenvalue weighted by Crippen LogP contribution is 2.20. The van der Waals surface area contributed by atoms with Gasteiger partial charge in [0, 0.05) is 6.54 Å². The van der Waals surface area contributed by atoms with Crippen LogP contribution in [0.25, 0.3) is 0 Å². The lowest BCUT2D eigenvalue weighted by molar-refractivity contribution is 0.483. The predicted molar refractivity (Wildman–Crippen MR) is 115 cm³/mol.